The largest absolute Gasteiger partial charge is 0.461 e. The second-order valence-corrected chi connectivity index (χ2v) is 11.5. The van der Waals surface area contributed by atoms with Gasteiger partial charge in [0.1, 0.15) is 12.4 Å². The molecule has 2 aliphatic heterocycles. The number of rotatable bonds is 8. The maximum atomic E-state index is 9.53. The zero-order chi connectivity index (χ0) is 27.7. The zero-order valence-electron chi connectivity index (χ0n) is 23.9. The summed E-state index contributed by atoms with van der Waals surface area (Å²) in [6, 6.07) is 18.1. The third-order valence-electron chi connectivity index (χ3n) is 8.87. The molecule has 0 spiro atoms. The predicted octanol–water partition coefficient (Wildman–Crippen LogP) is 4.60. The van der Waals surface area contributed by atoms with Crippen molar-refractivity contribution >= 4 is 22.3 Å². The Balaban J connectivity index is 1.33. The van der Waals surface area contributed by atoms with E-state index in [1.807, 2.05) is 6.92 Å². The Morgan fingerprint density at radius 2 is 1.90 bits per heavy atom. The lowest BCUT2D eigenvalue weighted by atomic mass is 10.0. The summed E-state index contributed by atoms with van der Waals surface area (Å²) in [6.07, 6.45) is 7.79. The molecule has 3 aliphatic rings. The smallest absolute Gasteiger partial charge is 0.318 e. The van der Waals surface area contributed by atoms with E-state index in [1.54, 1.807) is 0 Å². The number of likely N-dealkylation sites (N-methyl/N-ethyl adjacent to an activating group) is 1. The second kappa shape index (κ2) is 11.0. The quantitative estimate of drug-likeness (QED) is 0.413. The first-order chi connectivity index (χ1) is 19.5. The van der Waals surface area contributed by atoms with Crippen LogP contribution in [0, 0.1) is 11.3 Å². The van der Waals surface area contributed by atoms with E-state index in [-0.39, 0.29) is 11.6 Å². The van der Waals surface area contributed by atoms with Crippen LogP contribution in [-0.4, -0.2) is 78.2 Å². The van der Waals surface area contributed by atoms with Gasteiger partial charge in [-0.1, -0.05) is 42.5 Å². The molecule has 1 atom stereocenters. The second-order valence-electron chi connectivity index (χ2n) is 11.5. The molecule has 8 heteroatoms. The molecule has 1 unspecified atom stereocenters. The molecule has 1 saturated heterocycles. The van der Waals surface area contributed by atoms with Crippen molar-refractivity contribution in [2.24, 2.45) is 0 Å². The fraction of sp³-hybridized carbons (Fsp3) is 0.469. The Kier molecular flexibility index (Phi) is 7.24. The lowest BCUT2D eigenvalue weighted by molar-refractivity contribution is 0.158. The number of benzene rings is 2. The van der Waals surface area contributed by atoms with E-state index >= 15 is 0 Å². The number of ether oxygens (including phenoxy) is 1. The van der Waals surface area contributed by atoms with Crippen LogP contribution < -0.4 is 14.5 Å². The van der Waals surface area contributed by atoms with Gasteiger partial charge < -0.3 is 24.3 Å². The van der Waals surface area contributed by atoms with Crippen LogP contribution in [0.4, 0.5) is 11.5 Å². The lowest BCUT2D eigenvalue weighted by Crippen LogP contribution is -2.51. The molecule has 8 nitrogen and oxygen atoms in total. The Morgan fingerprint density at radius 1 is 1.07 bits per heavy atom. The van der Waals surface area contributed by atoms with Gasteiger partial charge >= 0.3 is 6.01 Å². The van der Waals surface area contributed by atoms with E-state index in [1.165, 1.54) is 22.0 Å². The number of hydrogen-bond acceptors (Lipinski definition) is 8. The average Bonchev–Trinajstić information content (AvgIpc) is 3.78. The third-order valence-corrected chi connectivity index (χ3v) is 8.87. The highest BCUT2D eigenvalue weighted by molar-refractivity contribution is 5.94. The van der Waals surface area contributed by atoms with E-state index in [2.05, 4.69) is 94.5 Å². The van der Waals surface area contributed by atoms with Gasteiger partial charge in [-0.2, -0.15) is 15.2 Å². The Labute approximate surface area is 237 Å². The van der Waals surface area contributed by atoms with Gasteiger partial charge in [0.25, 0.3) is 0 Å². The minimum Gasteiger partial charge on any atom is -0.461 e. The minimum absolute atomic E-state index is 0.0877. The first-order valence-electron chi connectivity index (χ1n) is 14.4. The predicted molar refractivity (Wildman–Crippen MR) is 160 cm³/mol. The number of allylic oxidation sites excluding steroid dienone is 1. The molecule has 40 heavy (non-hydrogen) atoms. The molecule has 3 heterocycles. The maximum absolute atomic E-state index is 9.53. The summed E-state index contributed by atoms with van der Waals surface area (Å²) in [7, 11) is 4.24. The number of aromatic nitrogens is 2. The molecular formula is C32H39N7O. The number of anilines is 2. The van der Waals surface area contributed by atoms with Crippen LogP contribution in [0.2, 0.25) is 0 Å². The van der Waals surface area contributed by atoms with Gasteiger partial charge in [0, 0.05) is 42.8 Å². The van der Waals surface area contributed by atoms with E-state index in [0.29, 0.717) is 25.6 Å². The highest BCUT2D eigenvalue weighted by Crippen LogP contribution is 2.41. The molecule has 0 amide bonds. The van der Waals surface area contributed by atoms with Crippen molar-refractivity contribution < 1.29 is 4.74 Å². The summed E-state index contributed by atoms with van der Waals surface area (Å²) in [4.78, 5) is 19.4. The van der Waals surface area contributed by atoms with E-state index in [4.69, 9.17) is 14.7 Å². The van der Waals surface area contributed by atoms with Crippen molar-refractivity contribution in [2.45, 2.75) is 50.7 Å². The van der Waals surface area contributed by atoms with Crippen LogP contribution in [-0.2, 0) is 13.0 Å². The van der Waals surface area contributed by atoms with Crippen LogP contribution in [0.3, 0.4) is 0 Å². The molecule has 2 fully saturated rings. The maximum Gasteiger partial charge on any atom is 0.318 e. The van der Waals surface area contributed by atoms with Crippen LogP contribution >= 0.6 is 0 Å². The first-order valence-corrected chi connectivity index (χ1v) is 14.4. The van der Waals surface area contributed by atoms with E-state index in [0.717, 1.165) is 57.0 Å². The van der Waals surface area contributed by atoms with Gasteiger partial charge in [-0.15, -0.1) is 0 Å². The highest BCUT2D eigenvalue weighted by Gasteiger charge is 2.46. The first kappa shape index (κ1) is 26.4. The summed E-state index contributed by atoms with van der Waals surface area (Å²) in [5.74, 6) is 0.982. The molecule has 0 bridgehead atoms. The van der Waals surface area contributed by atoms with Gasteiger partial charge in [-0.05, 0) is 57.9 Å². The molecule has 6 rings (SSSR count). The molecule has 3 aromatic rings. The summed E-state index contributed by atoms with van der Waals surface area (Å²) in [5, 5.41) is 12.0. The molecule has 1 aliphatic carbocycles. The fourth-order valence-corrected chi connectivity index (χ4v) is 6.20. The standard InChI is InChI=1S/C32H39N7O/c1-4-17-37-19-20-39(21-25(37)12-16-33)30-27-13-18-38(29-11-7-9-24-8-5-6-10-26(24)29)22-28(27)34-31(35-30)40-23-32(14-15-32)36(2)3/h4-11,17,25H,12-15,18-23H2,1-3H3. The lowest BCUT2D eigenvalue weighted by Gasteiger charge is -2.42. The Bertz CT molecular complexity index is 1440. The van der Waals surface area contributed by atoms with Gasteiger partial charge in [-0.3, -0.25) is 0 Å². The zero-order valence-corrected chi connectivity index (χ0v) is 23.9. The summed E-state index contributed by atoms with van der Waals surface area (Å²) >= 11 is 0. The minimum atomic E-state index is 0.0877. The fourth-order valence-electron chi connectivity index (χ4n) is 6.20. The van der Waals surface area contributed by atoms with Gasteiger partial charge in [0.05, 0.1) is 36.3 Å². The molecular weight excluding hydrogens is 498 g/mol. The van der Waals surface area contributed by atoms with Crippen molar-refractivity contribution in [2.75, 3.05) is 56.7 Å². The summed E-state index contributed by atoms with van der Waals surface area (Å²) in [6.45, 7) is 6.71. The highest BCUT2D eigenvalue weighted by atomic mass is 16.5. The molecule has 208 valence electrons. The number of fused-ring (bicyclic) bond motifs is 2. The van der Waals surface area contributed by atoms with E-state index in [9.17, 15) is 5.26 Å². The number of hydrogen-bond donors (Lipinski definition) is 0. The van der Waals surface area contributed by atoms with Crippen molar-refractivity contribution in [3.8, 4) is 12.1 Å². The van der Waals surface area contributed by atoms with Gasteiger partial charge in [0.2, 0.25) is 0 Å². The third kappa shape index (κ3) is 5.06. The van der Waals surface area contributed by atoms with Crippen molar-refractivity contribution in [3.63, 3.8) is 0 Å². The molecule has 2 aromatic carbocycles. The van der Waals surface area contributed by atoms with Crippen LogP contribution in [0.25, 0.3) is 10.8 Å². The topological polar surface area (TPSA) is 71.8 Å². The van der Waals surface area contributed by atoms with Crippen molar-refractivity contribution in [3.05, 3.63) is 66.0 Å². The number of nitrogens with zero attached hydrogens (tertiary/aromatic N) is 7. The normalized spacial score (nSPS) is 20.2. The Hall–Kier alpha value is -3.83. The van der Waals surface area contributed by atoms with E-state index < -0.39 is 0 Å². The number of nitriles is 1. The molecule has 1 aromatic heterocycles. The van der Waals surface area contributed by atoms with Crippen LogP contribution in [0.5, 0.6) is 6.01 Å². The summed E-state index contributed by atoms with van der Waals surface area (Å²) in [5.41, 5.74) is 3.59. The van der Waals surface area contributed by atoms with Gasteiger partial charge in [-0.25, -0.2) is 0 Å². The van der Waals surface area contributed by atoms with Crippen molar-refractivity contribution in [1.29, 1.82) is 5.26 Å². The molecule has 1 saturated carbocycles. The SMILES string of the molecule is CC=CN1CCN(c2nc(OCC3(N(C)C)CC3)nc3c2CCN(c2cccc4ccccc24)C3)CC1CC#N. The molecule has 0 N–H and O–H groups in total. The number of piperazine rings is 1. The average molecular weight is 538 g/mol. The Morgan fingerprint density at radius 3 is 2.67 bits per heavy atom. The van der Waals surface area contributed by atoms with Crippen LogP contribution in [0.15, 0.2) is 54.7 Å². The van der Waals surface area contributed by atoms with Gasteiger partial charge in [0.15, 0.2) is 0 Å². The van der Waals surface area contributed by atoms with Crippen molar-refractivity contribution in [1.82, 2.24) is 19.8 Å². The monoisotopic (exact) mass is 537 g/mol. The molecule has 0 radical (unpaired) electrons. The van der Waals surface area contributed by atoms with Crippen LogP contribution in [0.1, 0.15) is 37.4 Å². The summed E-state index contributed by atoms with van der Waals surface area (Å²) < 4.78 is 6.35.